The van der Waals surface area contributed by atoms with Crippen molar-refractivity contribution in [2.75, 3.05) is 13.2 Å². The van der Waals surface area contributed by atoms with Crippen molar-refractivity contribution in [2.45, 2.75) is 20.8 Å². The number of benzene rings is 1. The summed E-state index contributed by atoms with van der Waals surface area (Å²) in [6, 6.07) is 6.19. The molecule has 4 nitrogen and oxygen atoms in total. The van der Waals surface area contributed by atoms with Crippen LogP contribution in [0.5, 0.6) is 0 Å². The molecule has 0 N–H and O–H groups in total. The van der Waals surface area contributed by atoms with Gasteiger partial charge in [-0.25, -0.2) is 4.57 Å². The number of aryl methyl sites for hydroxylation is 1. The van der Waals surface area contributed by atoms with Gasteiger partial charge in [-0.15, -0.1) is 0 Å². The molecule has 7 heteroatoms. The maximum atomic E-state index is 13.0. The molecule has 20 heavy (non-hydrogen) atoms. The van der Waals surface area contributed by atoms with Crippen molar-refractivity contribution in [1.82, 2.24) is 0 Å². The number of phosphoric ester groups is 1. The van der Waals surface area contributed by atoms with Gasteiger partial charge in [0.25, 0.3) is 0 Å². The lowest BCUT2D eigenvalue weighted by atomic mass is 10.1. The highest BCUT2D eigenvalue weighted by atomic mass is 31.2. The first-order chi connectivity index (χ1) is 9.41. The van der Waals surface area contributed by atoms with Crippen LogP contribution < -0.4 is 0 Å². The zero-order valence-corrected chi connectivity index (χ0v) is 12.5. The van der Waals surface area contributed by atoms with Crippen LogP contribution in [-0.2, 0) is 18.1 Å². The average Bonchev–Trinajstić information content (AvgIpc) is 2.37. The summed E-state index contributed by atoms with van der Waals surface area (Å²) < 4.78 is 52.7. The molecule has 1 rings (SSSR count). The molecule has 1 aromatic carbocycles. The molecule has 0 heterocycles. The normalized spacial score (nSPS) is 11.2. The molecule has 0 amide bonds. The van der Waals surface area contributed by atoms with Gasteiger partial charge in [0.2, 0.25) is 5.76 Å². The lowest BCUT2D eigenvalue weighted by Crippen LogP contribution is -2.01. The number of hydrogen-bond donors (Lipinski definition) is 0. The minimum absolute atomic E-state index is 0.0202. The molecule has 1 aromatic rings. The van der Waals surface area contributed by atoms with Crippen molar-refractivity contribution in [3.63, 3.8) is 0 Å². The van der Waals surface area contributed by atoms with Crippen LogP contribution in [0.1, 0.15) is 25.0 Å². The van der Waals surface area contributed by atoms with Gasteiger partial charge in [-0.3, -0.25) is 9.05 Å². The molecule has 0 spiro atoms. The van der Waals surface area contributed by atoms with E-state index < -0.39 is 19.7 Å². The van der Waals surface area contributed by atoms with Gasteiger partial charge < -0.3 is 4.52 Å². The molecule has 0 aliphatic rings. The van der Waals surface area contributed by atoms with Crippen molar-refractivity contribution in [3.05, 3.63) is 41.5 Å². The number of halogens is 2. The van der Waals surface area contributed by atoms with Gasteiger partial charge in [0.1, 0.15) is 0 Å². The third-order valence-electron chi connectivity index (χ3n) is 2.26. The standard InChI is InChI=1S/C13H17F2O4P/c1-4-17-20(16,18-5-2)19-12(13(14)15)11-8-6-10(3)7-9-11/h6-9H,4-5H2,1-3H3. The van der Waals surface area contributed by atoms with Gasteiger partial charge in [-0.2, -0.15) is 8.78 Å². The van der Waals surface area contributed by atoms with E-state index in [2.05, 4.69) is 0 Å². The summed E-state index contributed by atoms with van der Waals surface area (Å²) in [6.07, 6.45) is -2.09. The molecule has 0 fully saturated rings. The molecule has 0 aliphatic heterocycles. The maximum absolute atomic E-state index is 13.0. The highest BCUT2D eigenvalue weighted by molar-refractivity contribution is 7.48. The largest absolute Gasteiger partial charge is 0.530 e. The fourth-order valence-corrected chi connectivity index (χ4v) is 2.63. The minimum Gasteiger partial charge on any atom is -0.398 e. The Morgan fingerprint density at radius 3 is 2.00 bits per heavy atom. The summed E-state index contributed by atoms with van der Waals surface area (Å²) in [5.41, 5.74) is 1.01. The van der Waals surface area contributed by atoms with Gasteiger partial charge in [-0.05, 0) is 20.8 Å². The summed E-state index contributed by atoms with van der Waals surface area (Å²) in [5.74, 6) is -0.796. The van der Waals surface area contributed by atoms with Crippen LogP contribution >= 0.6 is 7.82 Å². The number of rotatable bonds is 7. The quantitative estimate of drug-likeness (QED) is 0.538. The topological polar surface area (TPSA) is 44.8 Å². The van der Waals surface area contributed by atoms with Crippen LogP contribution in [0.25, 0.3) is 5.76 Å². The van der Waals surface area contributed by atoms with E-state index >= 15 is 0 Å². The number of phosphoric acid groups is 1. The van der Waals surface area contributed by atoms with Crippen LogP contribution in [0.3, 0.4) is 0 Å². The second-order valence-electron chi connectivity index (χ2n) is 3.83. The monoisotopic (exact) mass is 306 g/mol. The fraction of sp³-hybridized carbons (Fsp3) is 0.385. The molecule has 0 atom stereocenters. The lowest BCUT2D eigenvalue weighted by Gasteiger charge is -2.18. The van der Waals surface area contributed by atoms with Crippen molar-refractivity contribution in [3.8, 4) is 0 Å². The molecule has 0 unspecified atom stereocenters. The van der Waals surface area contributed by atoms with Crippen molar-refractivity contribution in [1.29, 1.82) is 0 Å². The van der Waals surface area contributed by atoms with Crippen LogP contribution in [0.4, 0.5) is 8.78 Å². The molecule has 0 aliphatic carbocycles. The Morgan fingerprint density at radius 1 is 1.10 bits per heavy atom. The minimum atomic E-state index is -4.04. The second kappa shape index (κ2) is 7.53. The second-order valence-corrected chi connectivity index (χ2v) is 5.42. The van der Waals surface area contributed by atoms with Crippen molar-refractivity contribution in [2.24, 2.45) is 0 Å². The smallest absolute Gasteiger partial charge is 0.398 e. The zero-order chi connectivity index (χ0) is 15.2. The van der Waals surface area contributed by atoms with E-state index in [1.54, 1.807) is 26.0 Å². The van der Waals surface area contributed by atoms with E-state index in [9.17, 15) is 13.3 Å². The predicted octanol–water partition coefficient (Wildman–Crippen LogP) is 4.76. The first-order valence-electron chi connectivity index (χ1n) is 6.13. The lowest BCUT2D eigenvalue weighted by molar-refractivity contribution is 0.156. The zero-order valence-electron chi connectivity index (χ0n) is 11.6. The number of hydrogen-bond acceptors (Lipinski definition) is 4. The Kier molecular flexibility index (Phi) is 6.33. The van der Waals surface area contributed by atoms with Crippen LogP contribution in [0, 0.1) is 6.92 Å². The van der Waals surface area contributed by atoms with Crippen LogP contribution in [0.2, 0.25) is 0 Å². The van der Waals surface area contributed by atoms with E-state index in [0.717, 1.165) is 5.56 Å². The molecule has 0 bridgehead atoms. The van der Waals surface area contributed by atoms with Gasteiger partial charge >= 0.3 is 13.9 Å². The molecule has 112 valence electrons. The highest BCUT2D eigenvalue weighted by Crippen LogP contribution is 2.53. The Morgan fingerprint density at radius 2 is 1.60 bits per heavy atom. The van der Waals surface area contributed by atoms with Gasteiger partial charge in [0, 0.05) is 5.56 Å². The molecule has 0 saturated heterocycles. The first kappa shape index (κ1) is 16.8. The first-order valence-corrected chi connectivity index (χ1v) is 7.59. The van der Waals surface area contributed by atoms with E-state index in [0.29, 0.717) is 0 Å². The van der Waals surface area contributed by atoms with Gasteiger partial charge in [0.05, 0.1) is 13.2 Å². The average molecular weight is 306 g/mol. The third-order valence-corrected chi connectivity index (χ3v) is 3.82. The Bertz CT molecular complexity index is 500. The van der Waals surface area contributed by atoms with Gasteiger partial charge in [-0.1, -0.05) is 29.8 Å². The van der Waals surface area contributed by atoms with E-state index in [1.807, 2.05) is 6.92 Å². The van der Waals surface area contributed by atoms with Crippen LogP contribution in [0.15, 0.2) is 30.3 Å². The molecule has 0 aromatic heterocycles. The Balaban J connectivity index is 3.07. The fourth-order valence-electron chi connectivity index (χ4n) is 1.42. The molecule has 0 radical (unpaired) electrons. The third kappa shape index (κ3) is 4.71. The maximum Gasteiger partial charge on any atom is 0.530 e. The summed E-state index contributed by atoms with van der Waals surface area (Å²) >= 11 is 0. The summed E-state index contributed by atoms with van der Waals surface area (Å²) in [5, 5.41) is 0. The van der Waals surface area contributed by atoms with Crippen molar-refractivity contribution >= 4 is 13.6 Å². The van der Waals surface area contributed by atoms with E-state index in [-0.39, 0.29) is 18.8 Å². The van der Waals surface area contributed by atoms with Gasteiger partial charge in [0.15, 0.2) is 0 Å². The molecular weight excluding hydrogens is 289 g/mol. The van der Waals surface area contributed by atoms with Crippen LogP contribution in [-0.4, -0.2) is 13.2 Å². The summed E-state index contributed by atoms with van der Waals surface area (Å²) in [7, 11) is -4.04. The summed E-state index contributed by atoms with van der Waals surface area (Å²) in [6.45, 7) is 5.00. The Hall–Kier alpha value is -1.23. The predicted molar refractivity (Wildman–Crippen MR) is 72.3 cm³/mol. The highest BCUT2D eigenvalue weighted by Gasteiger charge is 2.30. The molecular formula is C13H17F2O4P. The Labute approximate surface area is 117 Å². The van der Waals surface area contributed by atoms with E-state index in [1.165, 1.54) is 12.1 Å². The SMILES string of the molecule is CCOP(=O)(OCC)OC(=C(F)F)c1ccc(C)cc1. The van der Waals surface area contributed by atoms with Crippen molar-refractivity contribution < 1.29 is 26.9 Å². The molecule has 0 saturated carbocycles. The summed E-state index contributed by atoms with van der Waals surface area (Å²) in [4.78, 5) is 0. The van der Waals surface area contributed by atoms with E-state index in [4.69, 9.17) is 13.6 Å².